The molecule has 0 aromatic heterocycles. The third-order valence-corrected chi connectivity index (χ3v) is 11.4. The van der Waals surface area contributed by atoms with Gasteiger partial charge in [-0.3, -0.25) is 0 Å². The minimum atomic E-state index is -1.60. The summed E-state index contributed by atoms with van der Waals surface area (Å²) < 4.78 is 6.39. The Hall–Kier alpha value is -0.0294. The van der Waals surface area contributed by atoms with Crippen molar-refractivity contribution in [1.82, 2.24) is 0 Å². The van der Waals surface area contributed by atoms with Crippen LogP contribution in [0.4, 0.5) is 0 Å². The van der Waals surface area contributed by atoms with Crippen molar-refractivity contribution in [2.75, 3.05) is 0 Å². The molecule has 0 aliphatic heterocycles. The molecule has 0 heterocycles. The van der Waals surface area contributed by atoms with Gasteiger partial charge in [0, 0.05) is 5.41 Å². The van der Waals surface area contributed by atoms with Gasteiger partial charge in [0.15, 0.2) is 0 Å². The summed E-state index contributed by atoms with van der Waals surface area (Å²) in [5.41, 5.74) is 3.83. The van der Waals surface area contributed by atoms with Crippen LogP contribution >= 0.6 is 0 Å². The normalized spacial score (nSPS) is 13.8. The maximum absolute atomic E-state index is 6.39. The second-order valence-corrected chi connectivity index (χ2v) is 24.7. The molecule has 0 unspecified atom stereocenters. The van der Waals surface area contributed by atoms with Crippen LogP contribution in [-0.4, -0.2) is 24.5 Å². The lowest BCUT2D eigenvalue weighted by atomic mass is 9.95. The van der Waals surface area contributed by atoms with Gasteiger partial charge in [0.25, 0.3) is 0 Å². The van der Waals surface area contributed by atoms with E-state index in [1.165, 1.54) is 0 Å². The van der Waals surface area contributed by atoms with Crippen molar-refractivity contribution >= 4 is 24.5 Å². The van der Waals surface area contributed by atoms with Gasteiger partial charge in [-0.15, -0.1) is 0 Å². The van der Waals surface area contributed by atoms with E-state index >= 15 is 0 Å². The topological polar surface area (TPSA) is 9.23 Å². The van der Waals surface area contributed by atoms with Crippen molar-refractivity contribution in [2.24, 2.45) is 5.41 Å². The molecule has 0 aliphatic carbocycles. The minimum absolute atomic E-state index is 0.0326. The molecule has 0 bridgehead atoms. The van der Waals surface area contributed by atoms with E-state index in [1.54, 1.807) is 4.82 Å². The highest BCUT2D eigenvalue weighted by molar-refractivity contribution is 7.04. The largest absolute Gasteiger partial charge is 0.541 e. The number of allylic oxidation sites excluding steroid dienone is 1. The Bertz CT molecular complexity index is 387. The molecule has 4 heteroatoms. The third kappa shape index (κ3) is 7.12. The molecular formula is C16H36OSi3. The molecule has 0 amide bonds. The third-order valence-electron chi connectivity index (χ3n) is 2.83. The average molecular weight is 329 g/mol. The van der Waals surface area contributed by atoms with Crippen LogP contribution in [0.2, 0.25) is 58.9 Å². The van der Waals surface area contributed by atoms with E-state index in [0.29, 0.717) is 0 Å². The van der Waals surface area contributed by atoms with Gasteiger partial charge in [0.2, 0.25) is 8.32 Å². The van der Waals surface area contributed by atoms with Crippen LogP contribution in [-0.2, 0) is 4.43 Å². The second-order valence-electron chi connectivity index (χ2n) is 9.79. The van der Waals surface area contributed by atoms with Crippen molar-refractivity contribution in [3.05, 3.63) is 16.3 Å². The van der Waals surface area contributed by atoms with E-state index in [1.807, 2.05) is 0 Å². The molecule has 0 aromatic rings. The Morgan fingerprint density at radius 1 is 0.750 bits per heavy atom. The zero-order valence-electron chi connectivity index (χ0n) is 15.9. The summed E-state index contributed by atoms with van der Waals surface area (Å²) in [7, 11) is -4.31. The highest BCUT2D eigenvalue weighted by Crippen LogP contribution is 2.31. The average Bonchev–Trinajstić information content (AvgIpc) is 2.03. The Kier molecular flexibility index (Phi) is 5.99. The number of hydrogen-bond donors (Lipinski definition) is 0. The van der Waals surface area contributed by atoms with E-state index in [0.717, 1.165) is 5.76 Å². The first kappa shape index (κ1) is 20.0. The lowest BCUT2D eigenvalue weighted by Crippen LogP contribution is -2.40. The molecule has 20 heavy (non-hydrogen) atoms. The molecule has 0 saturated carbocycles. The smallest absolute Gasteiger partial charge is 0.242 e. The standard InChI is InChI=1S/C16H36OSi3/c1-16(2,3)14(17-20(10,11)12)13-15(18(4,5)6)19(7,8)9/h1-12H3. The molecule has 118 valence electrons. The van der Waals surface area contributed by atoms with Gasteiger partial charge in [0.1, 0.15) is 5.76 Å². The van der Waals surface area contributed by atoms with Crippen LogP contribution in [0.3, 0.4) is 0 Å². The van der Waals surface area contributed by atoms with Crippen LogP contribution in [0.25, 0.3) is 0 Å². The van der Waals surface area contributed by atoms with E-state index in [9.17, 15) is 0 Å². The monoisotopic (exact) mass is 328 g/mol. The van der Waals surface area contributed by atoms with Crippen LogP contribution in [0.5, 0.6) is 0 Å². The van der Waals surface area contributed by atoms with Gasteiger partial charge in [-0.25, -0.2) is 0 Å². The summed E-state index contributed by atoms with van der Waals surface area (Å²) in [5.74, 6) is 1.08. The molecule has 0 N–H and O–H groups in total. The minimum Gasteiger partial charge on any atom is -0.541 e. The number of hydrogen-bond acceptors (Lipinski definition) is 1. The molecule has 0 fully saturated rings. The fourth-order valence-electron chi connectivity index (χ4n) is 2.29. The van der Waals surface area contributed by atoms with Crippen molar-refractivity contribution < 1.29 is 4.43 Å². The lowest BCUT2D eigenvalue weighted by molar-refractivity contribution is 0.290. The van der Waals surface area contributed by atoms with Crippen LogP contribution < -0.4 is 0 Å². The van der Waals surface area contributed by atoms with Gasteiger partial charge in [-0.2, -0.15) is 0 Å². The first-order valence-electron chi connectivity index (χ1n) is 7.66. The van der Waals surface area contributed by atoms with E-state index in [4.69, 9.17) is 4.43 Å². The zero-order valence-corrected chi connectivity index (χ0v) is 18.9. The van der Waals surface area contributed by atoms with E-state index < -0.39 is 24.5 Å². The van der Waals surface area contributed by atoms with Crippen molar-refractivity contribution in [2.45, 2.75) is 79.7 Å². The molecule has 0 aliphatic rings. The first-order chi connectivity index (χ1) is 8.44. The summed E-state index contributed by atoms with van der Waals surface area (Å²) >= 11 is 0. The second kappa shape index (κ2) is 5.99. The maximum Gasteiger partial charge on any atom is 0.242 e. The molecule has 1 nitrogen and oxygen atoms in total. The maximum atomic E-state index is 6.39. The highest BCUT2D eigenvalue weighted by Gasteiger charge is 2.33. The molecule has 0 saturated heterocycles. The van der Waals surface area contributed by atoms with Gasteiger partial charge >= 0.3 is 0 Å². The van der Waals surface area contributed by atoms with Gasteiger partial charge in [-0.1, -0.05) is 65.8 Å². The molecule has 0 rings (SSSR count). The Morgan fingerprint density at radius 3 is 1.30 bits per heavy atom. The Balaban J connectivity index is 6.26. The molecule has 0 spiro atoms. The summed E-state index contributed by atoms with van der Waals surface area (Å²) in [6.45, 7) is 28.1. The Labute approximate surface area is 130 Å². The predicted molar refractivity (Wildman–Crippen MR) is 101 cm³/mol. The SMILES string of the molecule is CC(C)(C)C(=C=C([Si](C)(C)C)[Si](C)(C)C)O[Si](C)(C)C. The fraction of sp³-hybridized carbons (Fsp3) is 0.812. The summed E-state index contributed by atoms with van der Waals surface area (Å²) in [6, 6.07) is 0. The molecule has 0 aromatic carbocycles. The predicted octanol–water partition coefficient (Wildman–Crippen LogP) is 6.05. The highest BCUT2D eigenvalue weighted by atomic mass is 28.4. The summed E-state index contributed by atoms with van der Waals surface area (Å²) in [6.07, 6.45) is 0. The van der Waals surface area contributed by atoms with Gasteiger partial charge in [0.05, 0.1) is 16.1 Å². The van der Waals surface area contributed by atoms with Crippen molar-refractivity contribution in [3.8, 4) is 0 Å². The van der Waals surface area contributed by atoms with Gasteiger partial charge in [-0.05, 0) is 24.5 Å². The molecule has 0 radical (unpaired) electrons. The van der Waals surface area contributed by atoms with Gasteiger partial charge < -0.3 is 4.43 Å². The van der Waals surface area contributed by atoms with Crippen molar-refractivity contribution in [3.63, 3.8) is 0 Å². The molecular weight excluding hydrogens is 292 g/mol. The summed E-state index contributed by atoms with van der Waals surface area (Å²) in [4.78, 5) is 1.60. The van der Waals surface area contributed by atoms with Crippen LogP contribution in [0.15, 0.2) is 16.3 Å². The quantitative estimate of drug-likeness (QED) is 0.347. The Morgan fingerprint density at radius 2 is 1.10 bits per heavy atom. The van der Waals surface area contributed by atoms with Crippen LogP contribution in [0.1, 0.15) is 20.8 Å². The first-order valence-corrected chi connectivity index (χ1v) is 18.1. The zero-order chi connectivity index (χ0) is 16.6. The number of rotatable bonds is 4. The van der Waals surface area contributed by atoms with E-state index in [2.05, 4.69) is 85.4 Å². The lowest BCUT2D eigenvalue weighted by Gasteiger charge is -2.32. The van der Waals surface area contributed by atoms with Crippen LogP contribution in [0, 0.1) is 5.41 Å². The molecule has 0 atom stereocenters. The van der Waals surface area contributed by atoms with Crippen molar-refractivity contribution in [1.29, 1.82) is 0 Å². The summed E-state index contributed by atoms with van der Waals surface area (Å²) in [5, 5.41) is 0. The fourth-order valence-corrected chi connectivity index (χ4v) is 13.2. The van der Waals surface area contributed by atoms with E-state index in [-0.39, 0.29) is 5.41 Å².